The van der Waals surface area contributed by atoms with Crippen molar-refractivity contribution < 1.29 is 28.3 Å². The molecule has 2 aromatic heterocycles. The van der Waals surface area contributed by atoms with Gasteiger partial charge in [-0.15, -0.1) is 0 Å². The number of fused-ring (bicyclic) bond motifs is 2. The molecule has 4 N–H and O–H groups in total. The number of hydrogen-bond donors (Lipinski definition) is 3. The van der Waals surface area contributed by atoms with Crippen LogP contribution in [0.5, 0.6) is 0 Å². The van der Waals surface area contributed by atoms with Crippen molar-refractivity contribution in [2.45, 2.75) is 24.5 Å². The third kappa shape index (κ3) is 1.95. The summed E-state index contributed by atoms with van der Waals surface area (Å²) in [6.45, 7) is -0.384. The molecule has 118 valence electrons. The number of imidazole rings is 1. The van der Waals surface area contributed by atoms with Crippen LogP contribution in [0.1, 0.15) is 6.23 Å². The summed E-state index contributed by atoms with van der Waals surface area (Å²) in [5, 5.41) is 9.35. The van der Waals surface area contributed by atoms with Crippen LogP contribution in [0.3, 0.4) is 0 Å². The highest BCUT2D eigenvalue weighted by atomic mass is 31.2. The maximum atomic E-state index is 11.6. The zero-order valence-corrected chi connectivity index (χ0v) is 11.9. The van der Waals surface area contributed by atoms with E-state index in [1.165, 1.54) is 17.2 Å². The molecule has 0 amide bonds. The normalized spacial score (nSPS) is 37.7. The molecule has 2 fully saturated rings. The predicted octanol–water partition coefficient (Wildman–Crippen LogP) is -0.817. The number of nitrogens with zero attached hydrogens (tertiary/aromatic N) is 4. The van der Waals surface area contributed by atoms with Gasteiger partial charge < -0.3 is 20.5 Å². The van der Waals surface area contributed by atoms with Crippen LogP contribution in [0.15, 0.2) is 12.7 Å². The fourth-order valence-electron chi connectivity index (χ4n) is 2.71. The lowest BCUT2D eigenvalue weighted by molar-refractivity contribution is -0.0589. The van der Waals surface area contributed by atoms with E-state index in [4.69, 9.17) is 19.5 Å². The summed E-state index contributed by atoms with van der Waals surface area (Å²) in [7, 11) is -4.16. The van der Waals surface area contributed by atoms with E-state index in [0.717, 1.165) is 0 Å². The van der Waals surface area contributed by atoms with E-state index in [9.17, 15) is 14.6 Å². The molecule has 2 aromatic rings. The number of aliphatic hydroxyl groups excluding tert-OH is 1. The second-order valence-electron chi connectivity index (χ2n) is 4.94. The fraction of sp³-hybridized carbons (Fsp3) is 0.500. The molecule has 2 unspecified atom stereocenters. The molecular formula is C10H12N5O6P. The molecule has 5 atom stereocenters. The first-order valence-electron chi connectivity index (χ1n) is 6.39. The maximum Gasteiger partial charge on any atom is 0.473 e. The van der Waals surface area contributed by atoms with Gasteiger partial charge in [0.1, 0.15) is 30.2 Å². The molecular weight excluding hydrogens is 317 g/mol. The lowest BCUT2D eigenvalue weighted by Crippen LogP contribution is -2.30. The number of rotatable bonds is 2. The summed E-state index contributed by atoms with van der Waals surface area (Å²) < 4.78 is 28.8. The number of phosphoric ester groups is 1. The van der Waals surface area contributed by atoms with Gasteiger partial charge in [0.2, 0.25) is 0 Å². The van der Waals surface area contributed by atoms with Crippen LogP contribution in [-0.2, 0) is 18.3 Å². The molecule has 2 saturated heterocycles. The zero-order valence-electron chi connectivity index (χ0n) is 11.0. The quantitative estimate of drug-likeness (QED) is 0.595. The maximum absolute atomic E-state index is 11.6. The number of aromatic nitrogens is 4. The van der Waals surface area contributed by atoms with Crippen molar-refractivity contribution in [3.8, 4) is 0 Å². The van der Waals surface area contributed by atoms with Crippen LogP contribution in [0.2, 0.25) is 0 Å². The molecule has 0 aliphatic carbocycles. The van der Waals surface area contributed by atoms with Crippen molar-refractivity contribution in [1.82, 2.24) is 19.5 Å². The second-order valence-corrected chi connectivity index (χ2v) is 6.30. The lowest BCUT2D eigenvalue weighted by Gasteiger charge is -2.18. The van der Waals surface area contributed by atoms with Gasteiger partial charge in [0.15, 0.2) is 17.7 Å². The third-order valence-corrected chi connectivity index (χ3v) is 4.66. The summed E-state index contributed by atoms with van der Waals surface area (Å²) in [5.74, 6) is 0.202. The molecule has 0 aromatic carbocycles. The topological polar surface area (TPSA) is 155 Å². The average molecular weight is 329 g/mol. The average Bonchev–Trinajstić information content (AvgIpc) is 3.10. The Balaban J connectivity index is 1.78. The first kappa shape index (κ1) is 14.0. The zero-order chi connectivity index (χ0) is 15.5. The van der Waals surface area contributed by atoms with Gasteiger partial charge in [-0.05, 0) is 0 Å². The van der Waals surface area contributed by atoms with Crippen molar-refractivity contribution in [3.05, 3.63) is 12.7 Å². The molecule has 22 heavy (non-hydrogen) atoms. The first-order valence-corrected chi connectivity index (χ1v) is 7.88. The van der Waals surface area contributed by atoms with Gasteiger partial charge in [-0.1, -0.05) is 0 Å². The molecule has 11 nitrogen and oxygen atoms in total. The van der Waals surface area contributed by atoms with Gasteiger partial charge in [-0.2, -0.15) is 0 Å². The van der Waals surface area contributed by atoms with Crippen LogP contribution in [0.25, 0.3) is 11.2 Å². The molecule has 4 rings (SSSR count). The molecule has 0 bridgehead atoms. The van der Waals surface area contributed by atoms with Crippen molar-refractivity contribution in [2.24, 2.45) is 0 Å². The van der Waals surface area contributed by atoms with E-state index >= 15 is 0 Å². The minimum atomic E-state index is -4.16. The summed E-state index contributed by atoms with van der Waals surface area (Å²) in [4.78, 5) is 21.5. The third-order valence-electron chi connectivity index (χ3n) is 3.64. The number of nitrogens with two attached hydrogens (primary N) is 1. The van der Waals surface area contributed by atoms with Crippen molar-refractivity contribution in [1.29, 1.82) is 0 Å². The molecule has 2 aliphatic rings. The van der Waals surface area contributed by atoms with Crippen LogP contribution in [0.4, 0.5) is 5.82 Å². The molecule has 0 spiro atoms. The number of hydrogen-bond acceptors (Lipinski definition) is 9. The number of nitrogen functional groups attached to an aromatic ring is 1. The van der Waals surface area contributed by atoms with Gasteiger partial charge >= 0.3 is 7.82 Å². The molecule has 0 radical (unpaired) electrons. The Morgan fingerprint density at radius 2 is 2.09 bits per heavy atom. The van der Waals surface area contributed by atoms with Gasteiger partial charge in [0.25, 0.3) is 0 Å². The standard InChI is InChI=1S/C10H12N5O6P/c11-8-5-9(13-2-12-8)15(3-14-5)10-7-6(4(1-16)19-10)20-22(17,18)21-7/h2-4,6-7,10,16H,1H2,(H,17,18)(H2,11,12,13)/t4-,6+,7?,10-/m1/s1. The van der Waals surface area contributed by atoms with Crippen LogP contribution >= 0.6 is 7.82 Å². The molecule has 0 saturated carbocycles. The first-order chi connectivity index (χ1) is 10.5. The summed E-state index contributed by atoms with van der Waals surface area (Å²) in [5.41, 5.74) is 6.49. The van der Waals surface area contributed by atoms with Crippen LogP contribution < -0.4 is 5.73 Å². The Kier molecular flexibility index (Phi) is 2.98. The minimum absolute atomic E-state index is 0.202. The lowest BCUT2D eigenvalue weighted by atomic mass is 10.1. The van der Waals surface area contributed by atoms with Crippen molar-refractivity contribution in [3.63, 3.8) is 0 Å². The van der Waals surface area contributed by atoms with Crippen molar-refractivity contribution in [2.75, 3.05) is 12.3 Å². The van der Waals surface area contributed by atoms with E-state index in [1.807, 2.05) is 0 Å². The SMILES string of the molecule is Nc1ncnc2c1ncn2[C@@H]1O[C@H](CO)[C@@H]2OP(=O)(O)OC21. The number of anilines is 1. The van der Waals surface area contributed by atoms with E-state index in [2.05, 4.69) is 15.0 Å². The molecule has 4 heterocycles. The van der Waals surface area contributed by atoms with E-state index in [0.29, 0.717) is 11.2 Å². The smallest absolute Gasteiger partial charge is 0.394 e. The van der Waals surface area contributed by atoms with E-state index in [1.54, 1.807) is 0 Å². The number of aliphatic hydroxyl groups is 1. The number of phosphoric acid groups is 1. The van der Waals surface area contributed by atoms with Gasteiger partial charge in [-0.25, -0.2) is 19.5 Å². The molecule has 12 heteroatoms. The highest BCUT2D eigenvalue weighted by Crippen LogP contribution is 2.58. The van der Waals surface area contributed by atoms with Crippen LogP contribution in [-0.4, -0.2) is 54.4 Å². The van der Waals surface area contributed by atoms with Gasteiger partial charge in [0.05, 0.1) is 12.9 Å². The fourth-order valence-corrected chi connectivity index (χ4v) is 3.85. The Morgan fingerprint density at radius 1 is 1.32 bits per heavy atom. The highest BCUT2D eigenvalue weighted by Gasteiger charge is 2.57. The van der Waals surface area contributed by atoms with Gasteiger partial charge in [0, 0.05) is 0 Å². The van der Waals surface area contributed by atoms with Gasteiger partial charge in [-0.3, -0.25) is 13.6 Å². The minimum Gasteiger partial charge on any atom is -0.394 e. The van der Waals surface area contributed by atoms with E-state index in [-0.39, 0.29) is 12.4 Å². The highest BCUT2D eigenvalue weighted by molar-refractivity contribution is 7.47. The van der Waals surface area contributed by atoms with Crippen LogP contribution in [0, 0.1) is 0 Å². The van der Waals surface area contributed by atoms with E-state index < -0.39 is 32.4 Å². The Hall–Kier alpha value is -1.62. The monoisotopic (exact) mass is 329 g/mol. The second kappa shape index (κ2) is 4.69. The molecule has 2 aliphatic heterocycles. The Labute approximate surface area is 123 Å². The Bertz CT molecular complexity index is 782. The summed E-state index contributed by atoms with van der Waals surface area (Å²) in [6, 6.07) is 0. The summed E-state index contributed by atoms with van der Waals surface area (Å²) in [6.07, 6.45) is -0.668. The van der Waals surface area contributed by atoms with Crippen molar-refractivity contribution >= 4 is 24.8 Å². The largest absolute Gasteiger partial charge is 0.473 e. The predicted molar refractivity (Wildman–Crippen MR) is 70.3 cm³/mol. The number of ether oxygens (including phenoxy) is 1. The summed E-state index contributed by atoms with van der Waals surface area (Å²) >= 11 is 0. The Morgan fingerprint density at radius 3 is 2.86 bits per heavy atom.